The number of carbonyl (C=O) groups is 1. The Morgan fingerprint density at radius 1 is 1.54 bits per heavy atom. The molecule has 1 rings (SSSR count). The summed E-state index contributed by atoms with van der Waals surface area (Å²) in [6.07, 6.45) is 7.30. The third-order valence-electron chi connectivity index (χ3n) is 1.64. The van der Waals surface area contributed by atoms with E-state index in [4.69, 9.17) is 4.74 Å². The van der Waals surface area contributed by atoms with E-state index in [0.29, 0.717) is 6.42 Å². The first-order chi connectivity index (χ1) is 5.97. The van der Waals surface area contributed by atoms with Gasteiger partial charge in [0.25, 0.3) is 0 Å². The van der Waals surface area contributed by atoms with Crippen molar-refractivity contribution < 1.29 is 9.53 Å². The minimum Gasteiger partial charge on any atom is -0.460 e. The van der Waals surface area contributed by atoms with Gasteiger partial charge in [0.05, 0.1) is 6.42 Å². The van der Waals surface area contributed by atoms with Crippen molar-refractivity contribution in [3.05, 3.63) is 23.8 Å². The molecule has 0 radical (unpaired) electrons. The van der Waals surface area contributed by atoms with Crippen molar-refractivity contribution in [3.63, 3.8) is 0 Å². The van der Waals surface area contributed by atoms with Crippen molar-refractivity contribution in [2.75, 3.05) is 0 Å². The van der Waals surface area contributed by atoms with E-state index in [2.05, 4.69) is 0 Å². The zero-order chi connectivity index (χ0) is 9.90. The van der Waals surface area contributed by atoms with Crippen LogP contribution in [-0.2, 0) is 9.53 Å². The summed E-state index contributed by atoms with van der Waals surface area (Å²) < 4.78 is 5.19. The van der Waals surface area contributed by atoms with Crippen LogP contribution in [0.15, 0.2) is 23.8 Å². The number of allylic oxidation sites excluding steroid dienone is 3. The van der Waals surface area contributed by atoms with Crippen molar-refractivity contribution in [2.24, 2.45) is 0 Å². The number of hydrogen-bond donors (Lipinski definition) is 0. The molecule has 13 heavy (non-hydrogen) atoms. The van der Waals surface area contributed by atoms with Crippen LogP contribution in [0.5, 0.6) is 0 Å². The molecule has 0 bridgehead atoms. The van der Waals surface area contributed by atoms with E-state index < -0.39 is 0 Å². The molecule has 0 fully saturated rings. The molecule has 0 heterocycles. The van der Waals surface area contributed by atoms with Crippen LogP contribution >= 0.6 is 0 Å². The van der Waals surface area contributed by atoms with Crippen LogP contribution in [0.25, 0.3) is 0 Å². The molecule has 0 unspecified atom stereocenters. The Hall–Kier alpha value is -1.05. The molecule has 1 aliphatic rings. The standard InChI is InChI=1S/C11H16O2/c1-11(2,3)13-10(12)8-9-6-4-5-7-9/h4-6H,7-8H2,1-3H3. The second-order valence-corrected chi connectivity index (χ2v) is 4.22. The molecule has 0 aromatic rings. The first-order valence-corrected chi connectivity index (χ1v) is 4.54. The van der Waals surface area contributed by atoms with Crippen molar-refractivity contribution in [1.29, 1.82) is 0 Å². The number of rotatable bonds is 2. The van der Waals surface area contributed by atoms with Crippen LogP contribution in [0.4, 0.5) is 0 Å². The summed E-state index contributed by atoms with van der Waals surface area (Å²) in [5.74, 6) is -0.137. The van der Waals surface area contributed by atoms with E-state index in [1.807, 2.05) is 39.0 Å². The quantitative estimate of drug-likeness (QED) is 0.610. The molecule has 0 amide bonds. The molecule has 0 saturated heterocycles. The molecule has 72 valence electrons. The van der Waals surface area contributed by atoms with Crippen LogP contribution in [-0.4, -0.2) is 11.6 Å². The molecule has 2 heteroatoms. The Morgan fingerprint density at radius 3 is 2.69 bits per heavy atom. The summed E-state index contributed by atoms with van der Waals surface area (Å²) in [5, 5.41) is 0. The maximum Gasteiger partial charge on any atom is 0.310 e. The number of carbonyl (C=O) groups excluding carboxylic acids is 1. The van der Waals surface area contributed by atoms with Gasteiger partial charge in [-0.3, -0.25) is 4.79 Å². The third kappa shape index (κ3) is 3.92. The van der Waals surface area contributed by atoms with E-state index >= 15 is 0 Å². The highest BCUT2D eigenvalue weighted by Gasteiger charge is 2.17. The Morgan fingerprint density at radius 2 is 2.23 bits per heavy atom. The first kappa shape index (κ1) is 10.0. The lowest BCUT2D eigenvalue weighted by atomic mass is 10.1. The maximum atomic E-state index is 11.3. The van der Waals surface area contributed by atoms with Gasteiger partial charge in [0.2, 0.25) is 0 Å². The lowest BCUT2D eigenvalue weighted by Crippen LogP contribution is -2.23. The average molecular weight is 180 g/mol. The van der Waals surface area contributed by atoms with Gasteiger partial charge < -0.3 is 4.74 Å². The van der Waals surface area contributed by atoms with Gasteiger partial charge in [-0.15, -0.1) is 0 Å². The summed E-state index contributed by atoms with van der Waals surface area (Å²) in [6, 6.07) is 0. The fourth-order valence-corrected chi connectivity index (χ4v) is 1.19. The largest absolute Gasteiger partial charge is 0.460 e. The summed E-state index contributed by atoms with van der Waals surface area (Å²) >= 11 is 0. The second kappa shape index (κ2) is 3.77. The van der Waals surface area contributed by atoms with E-state index in [9.17, 15) is 4.79 Å². The fraction of sp³-hybridized carbons (Fsp3) is 0.545. The molecule has 0 N–H and O–H groups in total. The van der Waals surface area contributed by atoms with Crippen LogP contribution < -0.4 is 0 Å². The van der Waals surface area contributed by atoms with Gasteiger partial charge in [-0.1, -0.05) is 23.8 Å². The number of hydrogen-bond acceptors (Lipinski definition) is 2. The Bertz CT molecular complexity index is 254. The molecule has 0 spiro atoms. The third-order valence-corrected chi connectivity index (χ3v) is 1.64. The summed E-state index contributed by atoms with van der Waals surface area (Å²) in [4.78, 5) is 11.3. The summed E-state index contributed by atoms with van der Waals surface area (Å²) in [6.45, 7) is 5.64. The van der Waals surface area contributed by atoms with Gasteiger partial charge in [-0.05, 0) is 27.2 Å². The van der Waals surface area contributed by atoms with Crippen molar-refractivity contribution in [2.45, 2.75) is 39.2 Å². The van der Waals surface area contributed by atoms with E-state index in [1.54, 1.807) is 0 Å². The van der Waals surface area contributed by atoms with Gasteiger partial charge >= 0.3 is 5.97 Å². The molecule has 0 aromatic carbocycles. The highest BCUT2D eigenvalue weighted by atomic mass is 16.6. The molecule has 2 nitrogen and oxygen atoms in total. The monoisotopic (exact) mass is 180 g/mol. The minimum atomic E-state index is -0.371. The SMILES string of the molecule is CC(C)(C)OC(=O)CC1=CC=CC1. The Balaban J connectivity index is 2.34. The molecule has 0 aliphatic heterocycles. The van der Waals surface area contributed by atoms with Crippen molar-refractivity contribution >= 4 is 5.97 Å². The topological polar surface area (TPSA) is 26.3 Å². The van der Waals surface area contributed by atoms with E-state index in [0.717, 1.165) is 12.0 Å². The molecular formula is C11H16O2. The zero-order valence-electron chi connectivity index (χ0n) is 8.46. The lowest BCUT2D eigenvalue weighted by Gasteiger charge is -2.19. The van der Waals surface area contributed by atoms with Crippen molar-refractivity contribution in [1.82, 2.24) is 0 Å². The smallest absolute Gasteiger partial charge is 0.310 e. The van der Waals surface area contributed by atoms with Gasteiger partial charge in [0.1, 0.15) is 5.60 Å². The van der Waals surface area contributed by atoms with E-state index in [1.165, 1.54) is 0 Å². The minimum absolute atomic E-state index is 0.137. The molecule has 0 saturated carbocycles. The van der Waals surface area contributed by atoms with Gasteiger partial charge in [-0.2, -0.15) is 0 Å². The van der Waals surface area contributed by atoms with Crippen LogP contribution in [0.2, 0.25) is 0 Å². The molecule has 0 aromatic heterocycles. The van der Waals surface area contributed by atoms with E-state index in [-0.39, 0.29) is 11.6 Å². The van der Waals surface area contributed by atoms with Gasteiger partial charge in [0.15, 0.2) is 0 Å². The maximum absolute atomic E-state index is 11.3. The summed E-state index contributed by atoms with van der Waals surface area (Å²) in [5.41, 5.74) is 0.762. The predicted octanol–water partition coefficient (Wildman–Crippen LogP) is 2.60. The molecule has 0 atom stereocenters. The first-order valence-electron chi connectivity index (χ1n) is 4.54. The normalized spacial score (nSPS) is 15.8. The number of ether oxygens (including phenoxy) is 1. The lowest BCUT2D eigenvalue weighted by molar-refractivity contribution is -0.153. The Labute approximate surface area is 79.3 Å². The van der Waals surface area contributed by atoms with Gasteiger partial charge in [0, 0.05) is 0 Å². The van der Waals surface area contributed by atoms with Crippen LogP contribution in [0, 0.1) is 0 Å². The van der Waals surface area contributed by atoms with Crippen LogP contribution in [0.3, 0.4) is 0 Å². The summed E-state index contributed by atoms with van der Waals surface area (Å²) in [7, 11) is 0. The number of esters is 1. The zero-order valence-corrected chi connectivity index (χ0v) is 8.46. The highest BCUT2D eigenvalue weighted by Crippen LogP contribution is 2.17. The Kier molecular flexibility index (Phi) is 2.91. The van der Waals surface area contributed by atoms with Crippen LogP contribution in [0.1, 0.15) is 33.6 Å². The fourth-order valence-electron chi connectivity index (χ4n) is 1.19. The average Bonchev–Trinajstić information content (AvgIpc) is 2.34. The molecule has 1 aliphatic carbocycles. The predicted molar refractivity (Wildman–Crippen MR) is 52.3 cm³/mol. The molecular weight excluding hydrogens is 164 g/mol. The van der Waals surface area contributed by atoms with Gasteiger partial charge in [-0.25, -0.2) is 0 Å². The van der Waals surface area contributed by atoms with Crippen molar-refractivity contribution in [3.8, 4) is 0 Å². The second-order valence-electron chi connectivity index (χ2n) is 4.22. The highest BCUT2D eigenvalue weighted by molar-refractivity contribution is 5.73.